The van der Waals surface area contributed by atoms with Gasteiger partial charge in [0, 0.05) is 18.7 Å². The smallest absolute Gasteiger partial charge is 0.380 e. The maximum Gasteiger partial charge on any atom is 0.419 e. The summed E-state index contributed by atoms with van der Waals surface area (Å²) in [5.41, 5.74) is -0.528. The number of carbonyl (C=O) groups is 1. The molecule has 4 nitrogen and oxygen atoms in total. The van der Waals surface area contributed by atoms with Crippen LogP contribution in [0.15, 0.2) is 42.5 Å². The van der Waals surface area contributed by atoms with Crippen LogP contribution in [0.4, 0.5) is 17.6 Å². The van der Waals surface area contributed by atoms with Crippen LogP contribution in [-0.2, 0) is 16.5 Å². The minimum atomic E-state index is -4.71. The lowest BCUT2D eigenvalue weighted by Gasteiger charge is -2.37. The topological polar surface area (TPSA) is 49.8 Å². The Bertz CT molecular complexity index is 930. The molecule has 1 amide bonds. The Morgan fingerprint density at radius 3 is 2.20 bits per heavy atom. The number of likely N-dealkylation sites (tertiary alicyclic amines) is 1. The van der Waals surface area contributed by atoms with Gasteiger partial charge in [-0.05, 0) is 54.2 Å². The number of amides is 1. The van der Waals surface area contributed by atoms with Crippen molar-refractivity contribution in [3.63, 3.8) is 0 Å². The van der Waals surface area contributed by atoms with E-state index in [2.05, 4.69) is 0 Å². The van der Waals surface area contributed by atoms with Crippen molar-refractivity contribution in [2.24, 2.45) is 0 Å². The molecule has 160 valence electrons. The molecule has 0 atom stereocenters. The summed E-state index contributed by atoms with van der Waals surface area (Å²) in [5, 5.41) is 10.3. The number of nitrogens with zero attached hydrogens (tertiary/aromatic N) is 1. The summed E-state index contributed by atoms with van der Waals surface area (Å²) >= 11 is 0. The molecule has 2 fully saturated rings. The van der Waals surface area contributed by atoms with Crippen molar-refractivity contribution >= 4 is 5.91 Å². The van der Waals surface area contributed by atoms with E-state index in [-0.39, 0.29) is 25.0 Å². The highest BCUT2D eigenvalue weighted by Crippen LogP contribution is 2.35. The fourth-order valence-electron chi connectivity index (χ4n) is 4.00. The molecule has 2 heterocycles. The Balaban J connectivity index is 1.38. The summed E-state index contributed by atoms with van der Waals surface area (Å²) < 4.78 is 57.1. The van der Waals surface area contributed by atoms with Crippen molar-refractivity contribution in [3.05, 3.63) is 70.5 Å². The lowest BCUT2D eigenvalue weighted by Crippen LogP contribution is -2.46. The Morgan fingerprint density at radius 2 is 1.70 bits per heavy atom. The molecule has 0 radical (unpaired) electrons. The fourth-order valence-corrected chi connectivity index (χ4v) is 4.00. The van der Waals surface area contributed by atoms with E-state index in [0.29, 0.717) is 42.6 Å². The summed E-state index contributed by atoms with van der Waals surface area (Å²) in [4.78, 5) is 14.4. The van der Waals surface area contributed by atoms with Crippen LogP contribution < -0.4 is 0 Å². The molecule has 30 heavy (non-hydrogen) atoms. The molecule has 0 aliphatic carbocycles. The molecule has 0 spiro atoms. The van der Waals surface area contributed by atoms with Gasteiger partial charge in [0.2, 0.25) is 0 Å². The van der Waals surface area contributed by atoms with Gasteiger partial charge in [0.05, 0.1) is 18.8 Å². The van der Waals surface area contributed by atoms with Gasteiger partial charge in [-0.1, -0.05) is 18.2 Å². The third-order valence-electron chi connectivity index (χ3n) is 5.90. The number of ether oxygens (including phenoxy) is 1. The summed E-state index contributed by atoms with van der Waals surface area (Å²) in [5.74, 6) is -1.51. The maximum atomic E-state index is 13.9. The minimum absolute atomic E-state index is 0.0962. The Kier molecular flexibility index (Phi) is 5.32. The number of halogens is 4. The zero-order chi connectivity index (χ0) is 21.5. The zero-order valence-corrected chi connectivity index (χ0v) is 16.1. The third-order valence-corrected chi connectivity index (χ3v) is 5.90. The number of hydrogen-bond acceptors (Lipinski definition) is 3. The SMILES string of the molecule is O=C(c1ccc(C2(O)COC2)cc1)N1CCC(c2ccc(C(F)(F)F)c(F)c2)CC1. The van der Waals surface area contributed by atoms with Gasteiger partial charge in [-0.15, -0.1) is 0 Å². The maximum absolute atomic E-state index is 13.9. The van der Waals surface area contributed by atoms with Crippen LogP contribution >= 0.6 is 0 Å². The molecule has 2 aliphatic rings. The van der Waals surface area contributed by atoms with Crippen molar-refractivity contribution in [1.29, 1.82) is 0 Å². The van der Waals surface area contributed by atoms with Crippen molar-refractivity contribution in [2.75, 3.05) is 26.3 Å². The number of carbonyl (C=O) groups excluding carboxylic acids is 1. The van der Waals surface area contributed by atoms with Gasteiger partial charge in [0.15, 0.2) is 0 Å². The minimum Gasteiger partial charge on any atom is -0.380 e. The third kappa shape index (κ3) is 3.94. The molecule has 0 unspecified atom stereocenters. The average Bonchev–Trinajstić information content (AvgIpc) is 2.71. The van der Waals surface area contributed by atoms with Crippen LogP contribution in [0.1, 0.15) is 45.8 Å². The van der Waals surface area contributed by atoms with Crippen molar-refractivity contribution in [3.8, 4) is 0 Å². The molecule has 0 aromatic heterocycles. The summed E-state index contributed by atoms with van der Waals surface area (Å²) in [6.45, 7) is 1.34. The molecule has 2 aromatic rings. The normalized spacial score (nSPS) is 19.4. The fraction of sp³-hybridized carbons (Fsp3) is 0.409. The largest absolute Gasteiger partial charge is 0.419 e. The summed E-state index contributed by atoms with van der Waals surface area (Å²) in [6, 6.07) is 9.84. The average molecular weight is 423 g/mol. The highest BCUT2D eigenvalue weighted by atomic mass is 19.4. The van der Waals surface area contributed by atoms with Crippen molar-refractivity contribution in [2.45, 2.75) is 30.5 Å². The lowest BCUT2D eigenvalue weighted by atomic mass is 9.88. The lowest BCUT2D eigenvalue weighted by molar-refractivity contribution is -0.184. The van der Waals surface area contributed by atoms with Crippen LogP contribution in [-0.4, -0.2) is 42.2 Å². The molecule has 2 aromatic carbocycles. The molecule has 1 N–H and O–H groups in total. The molecule has 2 saturated heterocycles. The van der Waals surface area contributed by atoms with E-state index in [1.54, 1.807) is 29.2 Å². The van der Waals surface area contributed by atoms with E-state index in [1.165, 1.54) is 6.07 Å². The van der Waals surface area contributed by atoms with E-state index in [1.807, 2.05) is 0 Å². The molecular weight excluding hydrogens is 402 g/mol. The highest BCUT2D eigenvalue weighted by molar-refractivity contribution is 5.94. The van der Waals surface area contributed by atoms with Crippen LogP contribution in [0.25, 0.3) is 0 Å². The van der Waals surface area contributed by atoms with Crippen LogP contribution in [0.5, 0.6) is 0 Å². The predicted molar refractivity (Wildman–Crippen MR) is 100 cm³/mol. The van der Waals surface area contributed by atoms with E-state index in [4.69, 9.17) is 4.74 Å². The van der Waals surface area contributed by atoms with Crippen LogP contribution in [0.3, 0.4) is 0 Å². The van der Waals surface area contributed by atoms with E-state index < -0.39 is 23.2 Å². The van der Waals surface area contributed by atoms with E-state index in [0.717, 1.165) is 12.1 Å². The Labute approximate surface area is 171 Å². The molecule has 8 heteroatoms. The summed E-state index contributed by atoms with van der Waals surface area (Å²) in [6.07, 6.45) is -3.62. The molecule has 2 aliphatic heterocycles. The molecular formula is C22H21F4NO3. The first-order valence-electron chi connectivity index (χ1n) is 9.74. The zero-order valence-electron chi connectivity index (χ0n) is 16.1. The molecule has 0 bridgehead atoms. The van der Waals surface area contributed by atoms with Crippen molar-refractivity contribution in [1.82, 2.24) is 4.90 Å². The molecule has 4 rings (SSSR count). The van der Waals surface area contributed by atoms with Gasteiger partial charge >= 0.3 is 6.18 Å². The van der Waals surface area contributed by atoms with Gasteiger partial charge < -0.3 is 14.7 Å². The number of alkyl halides is 3. The number of aliphatic hydroxyl groups is 1. The second kappa shape index (κ2) is 7.67. The second-order valence-corrected chi connectivity index (χ2v) is 7.91. The second-order valence-electron chi connectivity index (χ2n) is 7.91. The highest BCUT2D eigenvalue weighted by Gasteiger charge is 2.38. The van der Waals surface area contributed by atoms with E-state index >= 15 is 0 Å². The monoisotopic (exact) mass is 423 g/mol. The first-order valence-corrected chi connectivity index (χ1v) is 9.74. The van der Waals surface area contributed by atoms with Crippen LogP contribution in [0.2, 0.25) is 0 Å². The van der Waals surface area contributed by atoms with Crippen LogP contribution in [0, 0.1) is 5.82 Å². The Morgan fingerprint density at radius 1 is 1.07 bits per heavy atom. The first kappa shape index (κ1) is 20.8. The molecule has 0 saturated carbocycles. The number of rotatable bonds is 3. The Hall–Kier alpha value is -2.45. The number of piperidine rings is 1. The van der Waals surface area contributed by atoms with Crippen molar-refractivity contribution < 1.29 is 32.2 Å². The van der Waals surface area contributed by atoms with Gasteiger partial charge in [-0.25, -0.2) is 4.39 Å². The van der Waals surface area contributed by atoms with Gasteiger partial charge in [-0.3, -0.25) is 4.79 Å². The summed E-state index contributed by atoms with van der Waals surface area (Å²) in [7, 11) is 0. The van der Waals surface area contributed by atoms with Gasteiger partial charge in [0.1, 0.15) is 11.4 Å². The first-order chi connectivity index (χ1) is 14.2. The predicted octanol–water partition coefficient (Wildman–Crippen LogP) is 4.08. The van der Waals surface area contributed by atoms with Gasteiger partial charge in [-0.2, -0.15) is 13.2 Å². The number of hydrogen-bond donors (Lipinski definition) is 1. The standard InChI is InChI=1S/C22H21F4NO3/c23-19-11-16(3-6-18(19)22(24,25)26)14-7-9-27(10-8-14)20(28)15-1-4-17(5-2-15)21(29)12-30-13-21/h1-6,11,14,29H,7-10,12-13H2. The number of benzene rings is 2. The van der Waals surface area contributed by atoms with Gasteiger partial charge in [0.25, 0.3) is 5.91 Å². The quantitative estimate of drug-likeness (QED) is 0.757. The van der Waals surface area contributed by atoms with E-state index in [9.17, 15) is 27.5 Å².